The van der Waals surface area contributed by atoms with Crippen molar-refractivity contribution in [3.63, 3.8) is 0 Å². The van der Waals surface area contributed by atoms with E-state index in [4.69, 9.17) is 9.16 Å². The number of benzene rings is 3. The summed E-state index contributed by atoms with van der Waals surface area (Å²) >= 11 is 0. The summed E-state index contributed by atoms with van der Waals surface area (Å²) in [5, 5.41) is 10.3. The molecule has 0 fully saturated rings. The molecule has 0 amide bonds. The summed E-state index contributed by atoms with van der Waals surface area (Å²) in [6.07, 6.45) is 0. The second-order valence-electron chi connectivity index (χ2n) is 9.19. The van der Waals surface area contributed by atoms with E-state index in [1.165, 1.54) is 6.07 Å². The number of phenols is 1. The second kappa shape index (κ2) is 8.98. The summed E-state index contributed by atoms with van der Waals surface area (Å²) < 4.78 is 12.0. The maximum atomic E-state index is 12.6. The first-order valence-corrected chi connectivity index (χ1v) is 13.3. The average molecular weight is 435 g/mol. The minimum absolute atomic E-state index is 0.00582. The number of hydrogen-bond acceptors (Lipinski definition) is 4. The highest BCUT2D eigenvalue weighted by molar-refractivity contribution is 6.74. The fraction of sp³-hybridized carbons (Fsp3) is 0.269. The van der Waals surface area contributed by atoms with Gasteiger partial charge in [-0.25, -0.2) is 4.79 Å². The van der Waals surface area contributed by atoms with Crippen LogP contribution in [0.25, 0.3) is 11.1 Å². The van der Waals surface area contributed by atoms with Crippen LogP contribution >= 0.6 is 0 Å². The Kier molecular flexibility index (Phi) is 6.55. The lowest BCUT2D eigenvalue weighted by Gasteiger charge is -2.37. The van der Waals surface area contributed by atoms with Crippen molar-refractivity contribution in [1.82, 2.24) is 0 Å². The van der Waals surface area contributed by atoms with E-state index in [0.717, 1.165) is 16.9 Å². The third kappa shape index (κ3) is 5.55. The molecule has 3 rings (SSSR count). The van der Waals surface area contributed by atoms with Gasteiger partial charge in [-0.05, 0) is 53.5 Å². The topological polar surface area (TPSA) is 55.8 Å². The van der Waals surface area contributed by atoms with E-state index in [1.54, 1.807) is 12.1 Å². The lowest BCUT2D eigenvalue weighted by atomic mass is 10.0. The largest absolute Gasteiger partial charge is 0.543 e. The smallest absolute Gasteiger partial charge is 0.338 e. The molecular formula is C26H30O4Si. The number of carbonyl (C=O) groups excluding carboxylic acids is 1. The van der Waals surface area contributed by atoms with Gasteiger partial charge in [-0.3, -0.25) is 0 Å². The van der Waals surface area contributed by atoms with Gasteiger partial charge in [0.1, 0.15) is 18.1 Å². The van der Waals surface area contributed by atoms with Crippen molar-refractivity contribution >= 4 is 14.3 Å². The molecule has 0 aromatic heterocycles. The molecule has 4 nitrogen and oxygen atoms in total. The average Bonchev–Trinajstić information content (AvgIpc) is 2.71. The maximum absolute atomic E-state index is 12.6. The van der Waals surface area contributed by atoms with Gasteiger partial charge in [0.05, 0.1) is 5.56 Å². The number of para-hydroxylation sites is 1. The second-order valence-corrected chi connectivity index (χ2v) is 13.9. The number of carbonyl (C=O) groups is 1. The van der Waals surface area contributed by atoms with Gasteiger partial charge in [0.15, 0.2) is 0 Å². The minimum Gasteiger partial charge on any atom is -0.543 e. The quantitative estimate of drug-likeness (QED) is 0.342. The number of phenolic OH excluding ortho intramolecular Hbond substituents is 1. The van der Waals surface area contributed by atoms with Gasteiger partial charge in [-0.2, -0.15) is 0 Å². The molecule has 0 saturated heterocycles. The molecular weight excluding hydrogens is 404 g/mol. The van der Waals surface area contributed by atoms with E-state index in [-0.39, 0.29) is 17.4 Å². The molecule has 162 valence electrons. The Labute approximate surface area is 185 Å². The lowest BCUT2D eigenvalue weighted by Crippen LogP contribution is -2.43. The number of hydrogen-bond donors (Lipinski definition) is 1. The Balaban J connectivity index is 1.89. The molecule has 0 aliphatic heterocycles. The molecule has 0 spiro atoms. The lowest BCUT2D eigenvalue weighted by molar-refractivity contribution is 0.0472. The zero-order valence-electron chi connectivity index (χ0n) is 18.8. The van der Waals surface area contributed by atoms with Crippen molar-refractivity contribution in [2.45, 2.75) is 45.5 Å². The molecule has 0 bridgehead atoms. The molecule has 0 atom stereocenters. The molecule has 3 aromatic rings. The van der Waals surface area contributed by atoms with Gasteiger partial charge in [-0.15, -0.1) is 0 Å². The highest BCUT2D eigenvalue weighted by Crippen LogP contribution is 2.40. The van der Waals surface area contributed by atoms with Crippen molar-refractivity contribution < 1.29 is 19.1 Å². The van der Waals surface area contributed by atoms with Crippen LogP contribution in [0.5, 0.6) is 11.5 Å². The van der Waals surface area contributed by atoms with E-state index >= 15 is 0 Å². The van der Waals surface area contributed by atoms with Gasteiger partial charge in [-0.1, -0.05) is 69.3 Å². The number of rotatable bonds is 6. The Morgan fingerprint density at radius 2 is 1.58 bits per heavy atom. The number of esters is 1. The molecule has 0 saturated carbocycles. The standard InChI is InChI=1S/C26H30O4Si/c1-26(2,3)31(4,5)30-24-14-10-9-13-23(24)20-15-21(17-22(27)16-20)25(28)29-18-19-11-7-6-8-12-19/h6-17,27H,18H2,1-5H3. The molecule has 0 radical (unpaired) electrons. The van der Waals surface area contributed by atoms with Crippen molar-refractivity contribution in [2.75, 3.05) is 0 Å². The molecule has 0 unspecified atom stereocenters. The van der Waals surface area contributed by atoms with E-state index in [9.17, 15) is 9.90 Å². The zero-order chi connectivity index (χ0) is 22.6. The minimum atomic E-state index is -2.06. The molecule has 31 heavy (non-hydrogen) atoms. The summed E-state index contributed by atoms with van der Waals surface area (Å²) in [5.41, 5.74) is 2.75. The van der Waals surface area contributed by atoms with Crippen LogP contribution in [0, 0.1) is 0 Å². The van der Waals surface area contributed by atoms with E-state index in [2.05, 4.69) is 33.9 Å². The fourth-order valence-electron chi connectivity index (χ4n) is 2.91. The molecule has 1 N–H and O–H groups in total. The van der Waals surface area contributed by atoms with Crippen molar-refractivity contribution in [3.8, 4) is 22.6 Å². The Morgan fingerprint density at radius 1 is 0.935 bits per heavy atom. The fourth-order valence-corrected chi connectivity index (χ4v) is 3.95. The predicted octanol–water partition coefficient (Wildman–Crippen LogP) is 6.80. The van der Waals surface area contributed by atoms with Crippen LogP contribution in [-0.2, 0) is 11.3 Å². The SMILES string of the molecule is CC(C)(C)[Si](C)(C)Oc1ccccc1-c1cc(O)cc(C(=O)OCc2ccccc2)c1. The zero-order valence-corrected chi connectivity index (χ0v) is 19.8. The van der Waals surface area contributed by atoms with Crippen LogP contribution in [0.4, 0.5) is 0 Å². The van der Waals surface area contributed by atoms with Crippen LogP contribution < -0.4 is 4.43 Å². The van der Waals surface area contributed by atoms with Crippen molar-refractivity contribution in [2.24, 2.45) is 0 Å². The number of ether oxygens (including phenoxy) is 1. The first-order valence-electron chi connectivity index (χ1n) is 10.4. The molecule has 0 aliphatic rings. The maximum Gasteiger partial charge on any atom is 0.338 e. The molecule has 0 aliphatic carbocycles. The van der Waals surface area contributed by atoms with Crippen LogP contribution in [0.15, 0.2) is 72.8 Å². The van der Waals surface area contributed by atoms with Crippen LogP contribution in [0.3, 0.4) is 0 Å². The summed E-state index contributed by atoms with van der Waals surface area (Å²) in [6.45, 7) is 11.1. The molecule has 0 heterocycles. The van der Waals surface area contributed by atoms with Gasteiger partial charge in [0.2, 0.25) is 0 Å². The van der Waals surface area contributed by atoms with E-state index in [1.807, 2.05) is 54.6 Å². The summed E-state index contributed by atoms with van der Waals surface area (Å²) in [5.74, 6) is 0.276. The van der Waals surface area contributed by atoms with Gasteiger partial charge >= 0.3 is 5.97 Å². The van der Waals surface area contributed by atoms with Crippen LogP contribution in [-0.4, -0.2) is 19.4 Å². The van der Waals surface area contributed by atoms with E-state index in [0.29, 0.717) is 11.1 Å². The van der Waals surface area contributed by atoms with Crippen molar-refractivity contribution in [3.05, 3.63) is 83.9 Å². The Morgan fingerprint density at radius 3 is 2.26 bits per heavy atom. The normalized spacial score (nSPS) is 11.8. The first-order chi connectivity index (χ1) is 14.6. The van der Waals surface area contributed by atoms with E-state index < -0.39 is 14.3 Å². The van der Waals surface area contributed by atoms with Crippen LogP contribution in [0.2, 0.25) is 18.1 Å². The predicted molar refractivity (Wildman–Crippen MR) is 127 cm³/mol. The monoisotopic (exact) mass is 434 g/mol. The third-order valence-electron chi connectivity index (χ3n) is 5.74. The molecule has 5 heteroatoms. The first kappa shape index (κ1) is 22.6. The molecule has 3 aromatic carbocycles. The van der Waals surface area contributed by atoms with Gasteiger partial charge in [0, 0.05) is 5.56 Å². The number of aromatic hydroxyl groups is 1. The van der Waals surface area contributed by atoms with Crippen LogP contribution in [0.1, 0.15) is 36.7 Å². The summed E-state index contributed by atoms with van der Waals surface area (Å²) in [4.78, 5) is 12.6. The highest BCUT2D eigenvalue weighted by Gasteiger charge is 2.39. The third-order valence-corrected chi connectivity index (χ3v) is 10.1. The Hall–Kier alpha value is -3.05. The highest BCUT2D eigenvalue weighted by atomic mass is 28.4. The Bertz CT molecular complexity index is 1050. The summed E-state index contributed by atoms with van der Waals surface area (Å²) in [7, 11) is -2.06. The van der Waals surface area contributed by atoms with Crippen molar-refractivity contribution in [1.29, 1.82) is 0 Å². The summed E-state index contributed by atoms with van der Waals surface area (Å²) in [6, 6.07) is 22.0. The van der Waals surface area contributed by atoms with Gasteiger partial charge in [0.25, 0.3) is 8.32 Å². The van der Waals surface area contributed by atoms with Gasteiger partial charge < -0.3 is 14.3 Å².